The molecule has 0 aliphatic heterocycles. The summed E-state index contributed by atoms with van der Waals surface area (Å²) in [4.78, 5) is 16.5. The predicted octanol–water partition coefficient (Wildman–Crippen LogP) is 3.41. The fraction of sp³-hybridized carbons (Fsp3) is 0.600. The van der Waals surface area contributed by atoms with Gasteiger partial charge >= 0.3 is 0 Å². The summed E-state index contributed by atoms with van der Waals surface area (Å²) in [6.07, 6.45) is 8.25. The second kappa shape index (κ2) is 5.95. The molecule has 0 N–H and O–H groups in total. The molecule has 17 heavy (non-hydrogen) atoms. The van der Waals surface area contributed by atoms with Crippen molar-refractivity contribution in [3.8, 4) is 0 Å². The van der Waals surface area contributed by atoms with E-state index in [9.17, 15) is 4.79 Å². The van der Waals surface area contributed by atoms with Gasteiger partial charge in [-0.25, -0.2) is 0 Å². The second-order valence-corrected chi connectivity index (χ2v) is 5.02. The molecule has 1 aliphatic carbocycles. The lowest BCUT2D eigenvalue weighted by Crippen LogP contribution is -2.28. The van der Waals surface area contributed by atoms with Crippen LogP contribution < -0.4 is 0 Å². The summed E-state index contributed by atoms with van der Waals surface area (Å²) in [7, 11) is 0. The van der Waals surface area contributed by atoms with Crippen molar-refractivity contribution in [3.05, 3.63) is 30.1 Å². The summed E-state index contributed by atoms with van der Waals surface area (Å²) < 4.78 is 0. The largest absolute Gasteiger partial charge is 0.299 e. The Bertz CT molecular complexity index is 360. The zero-order valence-corrected chi connectivity index (χ0v) is 10.6. The molecule has 2 rings (SSSR count). The number of rotatable bonds is 4. The number of carbonyl (C=O) groups is 1. The molecular formula is C15H21NO. The molecule has 0 aromatic carbocycles. The molecule has 1 fully saturated rings. The van der Waals surface area contributed by atoms with Gasteiger partial charge in [-0.2, -0.15) is 0 Å². The van der Waals surface area contributed by atoms with Gasteiger partial charge in [0.25, 0.3) is 0 Å². The highest BCUT2D eigenvalue weighted by Gasteiger charge is 2.29. The maximum absolute atomic E-state index is 12.3. The van der Waals surface area contributed by atoms with Crippen LogP contribution in [0.2, 0.25) is 0 Å². The lowest BCUT2D eigenvalue weighted by molar-refractivity contribution is -0.125. The second-order valence-electron chi connectivity index (χ2n) is 5.02. The quantitative estimate of drug-likeness (QED) is 0.794. The first-order valence-corrected chi connectivity index (χ1v) is 6.74. The van der Waals surface area contributed by atoms with Crippen molar-refractivity contribution in [2.24, 2.45) is 11.8 Å². The van der Waals surface area contributed by atoms with Crippen LogP contribution in [0.25, 0.3) is 0 Å². The third-order valence-electron chi connectivity index (χ3n) is 3.93. The van der Waals surface area contributed by atoms with E-state index < -0.39 is 0 Å². The smallest absolute Gasteiger partial charge is 0.142 e. The van der Waals surface area contributed by atoms with Crippen LogP contribution in [0.3, 0.4) is 0 Å². The van der Waals surface area contributed by atoms with E-state index in [1.165, 1.54) is 19.3 Å². The van der Waals surface area contributed by atoms with Crippen LogP contribution >= 0.6 is 0 Å². The molecule has 1 heterocycles. The van der Waals surface area contributed by atoms with Crippen LogP contribution in [-0.2, 0) is 11.2 Å². The molecule has 0 radical (unpaired) electrons. The highest BCUT2D eigenvalue weighted by Crippen LogP contribution is 2.33. The van der Waals surface area contributed by atoms with Crippen LogP contribution in [0.5, 0.6) is 0 Å². The minimum atomic E-state index is 0.288. The maximum atomic E-state index is 12.3. The summed E-state index contributed by atoms with van der Waals surface area (Å²) in [6.45, 7) is 2.21. The Kier molecular flexibility index (Phi) is 4.29. The number of hydrogen-bond acceptors (Lipinski definition) is 2. The van der Waals surface area contributed by atoms with Crippen molar-refractivity contribution >= 4 is 5.78 Å². The molecule has 2 unspecified atom stereocenters. The first kappa shape index (κ1) is 12.3. The standard InChI is InChI=1S/C15H21NO/c1-2-12-7-3-4-9-14(12)15(17)11-13-8-5-6-10-16-13/h5-6,8,10,12,14H,2-4,7,9,11H2,1H3. The van der Waals surface area contributed by atoms with Gasteiger partial charge in [0.05, 0.1) is 0 Å². The van der Waals surface area contributed by atoms with E-state index in [0.717, 1.165) is 18.5 Å². The Hall–Kier alpha value is -1.18. The van der Waals surface area contributed by atoms with Crippen LogP contribution in [0, 0.1) is 11.8 Å². The van der Waals surface area contributed by atoms with E-state index in [-0.39, 0.29) is 5.92 Å². The maximum Gasteiger partial charge on any atom is 0.142 e. The average molecular weight is 231 g/mol. The lowest BCUT2D eigenvalue weighted by atomic mass is 9.75. The number of Topliss-reactive ketones (excluding diaryl/α,β-unsaturated/α-hetero) is 1. The van der Waals surface area contributed by atoms with Crippen molar-refractivity contribution in [2.45, 2.75) is 45.4 Å². The van der Waals surface area contributed by atoms with Gasteiger partial charge in [0.15, 0.2) is 0 Å². The van der Waals surface area contributed by atoms with Crippen LogP contribution in [0.1, 0.15) is 44.7 Å². The predicted molar refractivity (Wildman–Crippen MR) is 68.7 cm³/mol. The van der Waals surface area contributed by atoms with E-state index in [1.807, 2.05) is 18.2 Å². The van der Waals surface area contributed by atoms with Crippen molar-refractivity contribution in [2.75, 3.05) is 0 Å². The normalized spacial score (nSPS) is 24.5. The van der Waals surface area contributed by atoms with Gasteiger partial charge in [-0.05, 0) is 30.9 Å². The van der Waals surface area contributed by atoms with Gasteiger partial charge in [0.1, 0.15) is 5.78 Å². The van der Waals surface area contributed by atoms with Gasteiger partial charge in [0, 0.05) is 24.2 Å². The van der Waals surface area contributed by atoms with Crippen LogP contribution in [0.15, 0.2) is 24.4 Å². The average Bonchev–Trinajstić information content (AvgIpc) is 2.40. The number of pyridine rings is 1. The van der Waals surface area contributed by atoms with E-state index in [4.69, 9.17) is 0 Å². The topological polar surface area (TPSA) is 30.0 Å². The Morgan fingerprint density at radius 1 is 1.35 bits per heavy atom. The molecule has 1 aliphatic rings. The molecule has 1 aromatic heterocycles. The highest BCUT2D eigenvalue weighted by molar-refractivity contribution is 5.83. The van der Waals surface area contributed by atoms with E-state index in [1.54, 1.807) is 6.20 Å². The Labute approximate surface area is 103 Å². The highest BCUT2D eigenvalue weighted by atomic mass is 16.1. The number of aromatic nitrogens is 1. The first-order chi connectivity index (χ1) is 8.31. The van der Waals surface area contributed by atoms with Crippen molar-refractivity contribution in [1.29, 1.82) is 0 Å². The molecule has 0 spiro atoms. The summed E-state index contributed by atoms with van der Waals surface area (Å²) in [5.41, 5.74) is 0.915. The lowest BCUT2D eigenvalue weighted by Gasteiger charge is -2.29. The molecule has 2 atom stereocenters. The first-order valence-electron chi connectivity index (χ1n) is 6.74. The summed E-state index contributed by atoms with van der Waals surface area (Å²) in [5, 5.41) is 0. The number of ketones is 1. The fourth-order valence-corrected chi connectivity index (χ4v) is 2.93. The van der Waals surface area contributed by atoms with Crippen molar-refractivity contribution in [1.82, 2.24) is 4.98 Å². The summed E-state index contributed by atoms with van der Waals surface area (Å²) in [5.74, 6) is 1.30. The Morgan fingerprint density at radius 2 is 2.18 bits per heavy atom. The fourth-order valence-electron chi connectivity index (χ4n) is 2.93. The Morgan fingerprint density at radius 3 is 2.88 bits per heavy atom. The van der Waals surface area contributed by atoms with Crippen LogP contribution in [-0.4, -0.2) is 10.8 Å². The SMILES string of the molecule is CCC1CCCCC1C(=O)Cc1ccccn1. The molecule has 0 bridgehead atoms. The number of hydrogen-bond donors (Lipinski definition) is 0. The summed E-state index contributed by atoms with van der Waals surface area (Å²) in [6, 6.07) is 5.79. The van der Waals surface area contributed by atoms with E-state index in [0.29, 0.717) is 18.1 Å². The minimum absolute atomic E-state index is 0.288. The number of carbonyl (C=O) groups excluding carboxylic acids is 1. The number of nitrogens with zero attached hydrogens (tertiary/aromatic N) is 1. The third-order valence-corrected chi connectivity index (χ3v) is 3.93. The van der Waals surface area contributed by atoms with Gasteiger partial charge in [-0.15, -0.1) is 0 Å². The van der Waals surface area contributed by atoms with E-state index in [2.05, 4.69) is 11.9 Å². The molecule has 2 nitrogen and oxygen atoms in total. The zero-order valence-electron chi connectivity index (χ0n) is 10.6. The molecule has 0 amide bonds. The molecule has 1 aromatic rings. The van der Waals surface area contributed by atoms with Gasteiger partial charge in [-0.1, -0.05) is 32.3 Å². The van der Waals surface area contributed by atoms with Crippen molar-refractivity contribution < 1.29 is 4.79 Å². The molecular weight excluding hydrogens is 210 g/mol. The van der Waals surface area contributed by atoms with E-state index >= 15 is 0 Å². The molecule has 0 saturated heterocycles. The van der Waals surface area contributed by atoms with Gasteiger partial charge in [-0.3, -0.25) is 9.78 Å². The Balaban J connectivity index is 1.99. The van der Waals surface area contributed by atoms with Gasteiger partial charge in [0.2, 0.25) is 0 Å². The third kappa shape index (κ3) is 3.15. The summed E-state index contributed by atoms with van der Waals surface area (Å²) >= 11 is 0. The monoisotopic (exact) mass is 231 g/mol. The molecule has 2 heteroatoms. The minimum Gasteiger partial charge on any atom is -0.299 e. The zero-order chi connectivity index (χ0) is 12.1. The van der Waals surface area contributed by atoms with Crippen LogP contribution in [0.4, 0.5) is 0 Å². The molecule has 1 saturated carbocycles. The molecule has 92 valence electrons. The van der Waals surface area contributed by atoms with Crippen molar-refractivity contribution in [3.63, 3.8) is 0 Å². The van der Waals surface area contributed by atoms with Gasteiger partial charge < -0.3 is 0 Å².